The standard InChI is InChI=1S/C12H14BrNO3/c13-8-3-4-10(11(16)6-8)12(17)14-5-1-2-9(14)7-15/h3-4,6,9,15-16H,1-2,5,7H2/t9-/m0/s1. The van der Waals surface area contributed by atoms with Gasteiger partial charge in [0.05, 0.1) is 18.2 Å². The van der Waals surface area contributed by atoms with Crippen LogP contribution in [0.15, 0.2) is 22.7 Å². The molecule has 17 heavy (non-hydrogen) atoms. The third kappa shape index (κ3) is 2.45. The average molecular weight is 300 g/mol. The molecule has 1 fully saturated rings. The van der Waals surface area contributed by atoms with Gasteiger partial charge in [-0.3, -0.25) is 4.79 Å². The average Bonchev–Trinajstić information content (AvgIpc) is 2.76. The molecule has 0 radical (unpaired) electrons. The van der Waals surface area contributed by atoms with Crippen LogP contribution in [0, 0.1) is 0 Å². The van der Waals surface area contributed by atoms with Crippen molar-refractivity contribution in [2.24, 2.45) is 0 Å². The smallest absolute Gasteiger partial charge is 0.257 e. The summed E-state index contributed by atoms with van der Waals surface area (Å²) in [6, 6.07) is 4.69. The van der Waals surface area contributed by atoms with Gasteiger partial charge in [0.15, 0.2) is 0 Å². The van der Waals surface area contributed by atoms with Crippen LogP contribution >= 0.6 is 15.9 Å². The van der Waals surface area contributed by atoms with Crippen molar-refractivity contribution < 1.29 is 15.0 Å². The number of carbonyl (C=O) groups is 1. The van der Waals surface area contributed by atoms with Crippen LogP contribution in [0.2, 0.25) is 0 Å². The van der Waals surface area contributed by atoms with Crippen LogP contribution in [0.1, 0.15) is 23.2 Å². The Kier molecular flexibility index (Phi) is 3.69. The van der Waals surface area contributed by atoms with Gasteiger partial charge in [0.2, 0.25) is 0 Å². The fourth-order valence-electron chi connectivity index (χ4n) is 2.13. The molecule has 1 saturated heterocycles. The lowest BCUT2D eigenvalue weighted by Gasteiger charge is -2.23. The fraction of sp³-hybridized carbons (Fsp3) is 0.417. The Balaban J connectivity index is 2.24. The van der Waals surface area contributed by atoms with Gasteiger partial charge in [0.1, 0.15) is 5.75 Å². The Bertz CT molecular complexity index is 436. The van der Waals surface area contributed by atoms with E-state index in [0.29, 0.717) is 6.54 Å². The second kappa shape index (κ2) is 5.06. The molecule has 0 bridgehead atoms. The van der Waals surface area contributed by atoms with Crippen molar-refractivity contribution in [1.82, 2.24) is 4.90 Å². The molecule has 1 aliphatic heterocycles. The second-order valence-corrected chi connectivity index (χ2v) is 5.05. The first kappa shape index (κ1) is 12.4. The SMILES string of the molecule is O=C(c1ccc(Br)cc1O)N1CCC[C@H]1CO. The molecule has 0 saturated carbocycles. The predicted molar refractivity (Wildman–Crippen MR) is 67.0 cm³/mol. The number of hydrogen-bond donors (Lipinski definition) is 2. The highest BCUT2D eigenvalue weighted by atomic mass is 79.9. The van der Waals surface area contributed by atoms with Gasteiger partial charge in [-0.05, 0) is 31.0 Å². The molecular formula is C12H14BrNO3. The Morgan fingerprint density at radius 1 is 1.53 bits per heavy atom. The van der Waals surface area contributed by atoms with E-state index in [4.69, 9.17) is 0 Å². The summed E-state index contributed by atoms with van der Waals surface area (Å²) >= 11 is 3.23. The van der Waals surface area contributed by atoms with E-state index in [1.807, 2.05) is 0 Å². The van der Waals surface area contributed by atoms with Gasteiger partial charge in [-0.1, -0.05) is 15.9 Å². The molecule has 92 valence electrons. The number of phenolic OH excluding ortho intramolecular Hbond substituents is 1. The number of rotatable bonds is 2. The summed E-state index contributed by atoms with van der Waals surface area (Å²) in [6.45, 7) is 0.614. The van der Waals surface area contributed by atoms with Crippen LogP contribution < -0.4 is 0 Å². The highest BCUT2D eigenvalue weighted by molar-refractivity contribution is 9.10. The quantitative estimate of drug-likeness (QED) is 0.875. The molecule has 1 amide bonds. The maximum Gasteiger partial charge on any atom is 0.257 e. The number of hydrogen-bond acceptors (Lipinski definition) is 3. The van der Waals surface area contributed by atoms with Gasteiger partial charge >= 0.3 is 0 Å². The number of likely N-dealkylation sites (tertiary alicyclic amines) is 1. The number of halogens is 1. The number of carbonyl (C=O) groups excluding carboxylic acids is 1. The molecule has 0 spiro atoms. The number of phenols is 1. The molecule has 5 heteroatoms. The summed E-state index contributed by atoms with van der Waals surface area (Å²) in [5, 5.41) is 18.9. The number of amides is 1. The topological polar surface area (TPSA) is 60.8 Å². The van der Waals surface area contributed by atoms with Gasteiger partial charge in [0, 0.05) is 11.0 Å². The van der Waals surface area contributed by atoms with E-state index in [2.05, 4.69) is 15.9 Å². The van der Waals surface area contributed by atoms with E-state index < -0.39 is 0 Å². The van der Waals surface area contributed by atoms with Crippen LogP contribution in [-0.4, -0.2) is 40.2 Å². The molecule has 1 aliphatic rings. The van der Waals surface area contributed by atoms with Crippen LogP contribution in [0.5, 0.6) is 5.75 Å². The highest BCUT2D eigenvalue weighted by Crippen LogP contribution is 2.26. The molecule has 1 heterocycles. The number of benzene rings is 1. The summed E-state index contributed by atoms with van der Waals surface area (Å²) in [5.41, 5.74) is 0.286. The zero-order valence-corrected chi connectivity index (χ0v) is 10.9. The van der Waals surface area contributed by atoms with Gasteiger partial charge in [-0.25, -0.2) is 0 Å². The monoisotopic (exact) mass is 299 g/mol. The molecule has 2 N–H and O–H groups in total. The number of aliphatic hydroxyl groups excluding tert-OH is 1. The predicted octanol–water partition coefficient (Wildman–Crippen LogP) is 1.75. The van der Waals surface area contributed by atoms with Gasteiger partial charge in [0.25, 0.3) is 5.91 Å². The van der Waals surface area contributed by atoms with Crippen molar-refractivity contribution in [1.29, 1.82) is 0 Å². The summed E-state index contributed by atoms with van der Waals surface area (Å²) in [6.07, 6.45) is 1.72. The Morgan fingerprint density at radius 2 is 2.29 bits per heavy atom. The highest BCUT2D eigenvalue weighted by Gasteiger charge is 2.29. The third-order valence-electron chi connectivity index (χ3n) is 3.04. The van der Waals surface area contributed by atoms with Crippen molar-refractivity contribution in [3.05, 3.63) is 28.2 Å². The summed E-state index contributed by atoms with van der Waals surface area (Å²) in [4.78, 5) is 13.8. The molecule has 0 aliphatic carbocycles. The molecule has 0 aromatic heterocycles. The first-order valence-electron chi connectivity index (χ1n) is 5.54. The van der Waals surface area contributed by atoms with Crippen molar-refractivity contribution in [2.45, 2.75) is 18.9 Å². The van der Waals surface area contributed by atoms with E-state index in [-0.39, 0.29) is 29.9 Å². The van der Waals surface area contributed by atoms with Gasteiger partial charge in [-0.15, -0.1) is 0 Å². The number of aliphatic hydroxyl groups is 1. The van der Waals surface area contributed by atoms with Crippen molar-refractivity contribution in [2.75, 3.05) is 13.2 Å². The Morgan fingerprint density at radius 3 is 2.94 bits per heavy atom. The Hall–Kier alpha value is -1.07. The lowest BCUT2D eigenvalue weighted by atomic mass is 10.1. The van der Waals surface area contributed by atoms with Gasteiger partial charge in [-0.2, -0.15) is 0 Å². The number of nitrogens with zero attached hydrogens (tertiary/aromatic N) is 1. The van der Waals surface area contributed by atoms with E-state index in [0.717, 1.165) is 17.3 Å². The van der Waals surface area contributed by atoms with E-state index in [9.17, 15) is 15.0 Å². The number of aromatic hydroxyl groups is 1. The van der Waals surface area contributed by atoms with Crippen molar-refractivity contribution >= 4 is 21.8 Å². The lowest BCUT2D eigenvalue weighted by Crippen LogP contribution is -2.37. The molecular weight excluding hydrogens is 286 g/mol. The third-order valence-corrected chi connectivity index (χ3v) is 3.53. The first-order chi connectivity index (χ1) is 8.13. The lowest BCUT2D eigenvalue weighted by molar-refractivity contribution is 0.0674. The van der Waals surface area contributed by atoms with E-state index in [1.165, 1.54) is 6.07 Å². The van der Waals surface area contributed by atoms with Crippen molar-refractivity contribution in [3.8, 4) is 5.75 Å². The molecule has 1 atom stereocenters. The maximum absolute atomic E-state index is 12.2. The largest absolute Gasteiger partial charge is 0.507 e. The zero-order chi connectivity index (χ0) is 12.4. The molecule has 1 aromatic rings. The minimum Gasteiger partial charge on any atom is -0.507 e. The van der Waals surface area contributed by atoms with E-state index >= 15 is 0 Å². The fourth-order valence-corrected chi connectivity index (χ4v) is 2.48. The van der Waals surface area contributed by atoms with Crippen molar-refractivity contribution in [3.63, 3.8) is 0 Å². The summed E-state index contributed by atoms with van der Waals surface area (Å²) < 4.78 is 0.728. The molecule has 1 aromatic carbocycles. The van der Waals surface area contributed by atoms with Crippen LogP contribution in [0.25, 0.3) is 0 Å². The molecule has 0 unspecified atom stereocenters. The minimum absolute atomic E-state index is 0.0248. The second-order valence-electron chi connectivity index (χ2n) is 4.14. The van der Waals surface area contributed by atoms with Crippen LogP contribution in [-0.2, 0) is 0 Å². The Labute approximate surface area is 108 Å². The summed E-state index contributed by atoms with van der Waals surface area (Å²) in [5.74, 6) is -0.250. The minimum atomic E-state index is -0.216. The van der Waals surface area contributed by atoms with Crippen LogP contribution in [0.4, 0.5) is 0 Å². The van der Waals surface area contributed by atoms with E-state index in [1.54, 1.807) is 17.0 Å². The first-order valence-corrected chi connectivity index (χ1v) is 6.33. The maximum atomic E-state index is 12.2. The molecule has 4 nitrogen and oxygen atoms in total. The molecule has 2 rings (SSSR count). The normalized spacial score (nSPS) is 19.6. The van der Waals surface area contributed by atoms with Gasteiger partial charge < -0.3 is 15.1 Å². The zero-order valence-electron chi connectivity index (χ0n) is 9.27. The van der Waals surface area contributed by atoms with Crippen LogP contribution in [0.3, 0.4) is 0 Å². The summed E-state index contributed by atoms with van der Waals surface area (Å²) in [7, 11) is 0.